The summed E-state index contributed by atoms with van der Waals surface area (Å²) >= 11 is 0. The van der Waals surface area contributed by atoms with Gasteiger partial charge in [0.25, 0.3) is 11.6 Å². The fraction of sp³-hybridized carbons (Fsp3) is 0.125. The summed E-state index contributed by atoms with van der Waals surface area (Å²) in [4.78, 5) is 22.0. The van der Waals surface area contributed by atoms with E-state index in [2.05, 4.69) is 10.5 Å². The quantitative estimate of drug-likeness (QED) is 0.526. The number of nitro benzene ring substituents is 1. The Kier molecular flexibility index (Phi) is 4.37. The number of nitro groups is 1. The SMILES string of the molecule is O=C(N/N=C/c1ccc2c(c1)OCCO2)c1ccc([N+](=O)[O-])cc1. The van der Waals surface area contributed by atoms with Gasteiger partial charge in [-0.2, -0.15) is 5.10 Å². The Bertz CT molecular complexity index is 802. The van der Waals surface area contributed by atoms with Gasteiger partial charge in [-0.1, -0.05) is 0 Å². The third kappa shape index (κ3) is 3.49. The number of carbonyl (C=O) groups excluding carboxylic acids is 1. The van der Waals surface area contributed by atoms with E-state index in [-0.39, 0.29) is 11.3 Å². The highest BCUT2D eigenvalue weighted by molar-refractivity contribution is 5.95. The molecule has 0 radical (unpaired) electrons. The minimum absolute atomic E-state index is 0.0775. The summed E-state index contributed by atoms with van der Waals surface area (Å²) in [7, 11) is 0. The van der Waals surface area contributed by atoms with Crippen LogP contribution < -0.4 is 14.9 Å². The highest BCUT2D eigenvalue weighted by Crippen LogP contribution is 2.30. The fourth-order valence-electron chi connectivity index (χ4n) is 2.10. The van der Waals surface area contributed by atoms with Crippen molar-refractivity contribution in [2.75, 3.05) is 13.2 Å². The van der Waals surface area contributed by atoms with Gasteiger partial charge in [0.1, 0.15) is 13.2 Å². The van der Waals surface area contributed by atoms with Crippen LogP contribution in [0, 0.1) is 10.1 Å². The van der Waals surface area contributed by atoms with Crippen LogP contribution in [0.3, 0.4) is 0 Å². The van der Waals surface area contributed by atoms with Crippen LogP contribution in [0.4, 0.5) is 5.69 Å². The molecular formula is C16H13N3O5. The van der Waals surface area contributed by atoms with Gasteiger partial charge < -0.3 is 9.47 Å². The summed E-state index contributed by atoms with van der Waals surface area (Å²) in [5.41, 5.74) is 3.30. The van der Waals surface area contributed by atoms with E-state index in [1.54, 1.807) is 18.2 Å². The predicted molar refractivity (Wildman–Crippen MR) is 85.6 cm³/mol. The number of rotatable bonds is 4. The molecule has 0 saturated heterocycles. The van der Waals surface area contributed by atoms with Crippen LogP contribution in [0.15, 0.2) is 47.6 Å². The zero-order chi connectivity index (χ0) is 16.9. The smallest absolute Gasteiger partial charge is 0.271 e. The average molecular weight is 327 g/mol. The van der Waals surface area contributed by atoms with E-state index in [9.17, 15) is 14.9 Å². The van der Waals surface area contributed by atoms with Crippen molar-refractivity contribution in [2.45, 2.75) is 0 Å². The van der Waals surface area contributed by atoms with Crippen molar-refractivity contribution in [1.82, 2.24) is 5.43 Å². The van der Waals surface area contributed by atoms with Crippen LogP contribution in [-0.2, 0) is 0 Å². The maximum Gasteiger partial charge on any atom is 0.271 e. The molecule has 0 unspecified atom stereocenters. The van der Waals surface area contributed by atoms with Gasteiger partial charge in [0.05, 0.1) is 11.1 Å². The van der Waals surface area contributed by atoms with Crippen molar-refractivity contribution in [3.63, 3.8) is 0 Å². The molecule has 1 heterocycles. The molecular weight excluding hydrogens is 314 g/mol. The Morgan fingerprint density at radius 2 is 1.83 bits per heavy atom. The second kappa shape index (κ2) is 6.78. The van der Waals surface area contributed by atoms with Crippen LogP contribution in [0.1, 0.15) is 15.9 Å². The van der Waals surface area contributed by atoms with E-state index >= 15 is 0 Å². The normalized spacial score (nSPS) is 12.8. The van der Waals surface area contributed by atoms with Gasteiger partial charge in [-0.15, -0.1) is 0 Å². The van der Waals surface area contributed by atoms with Gasteiger partial charge in [0, 0.05) is 17.7 Å². The van der Waals surface area contributed by atoms with E-state index in [1.807, 2.05) is 0 Å². The Morgan fingerprint density at radius 1 is 1.12 bits per heavy atom. The predicted octanol–water partition coefficient (Wildman–Crippen LogP) is 2.13. The third-order valence-electron chi connectivity index (χ3n) is 3.29. The van der Waals surface area contributed by atoms with Gasteiger partial charge in [-0.05, 0) is 35.9 Å². The first-order chi connectivity index (χ1) is 11.6. The Morgan fingerprint density at radius 3 is 2.54 bits per heavy atom. The number of nitrogens with zero attached hydrogens (tertiary/aromatic N) is 2. The monoisotopic (exact) mass is 327 g/mol. The second-order valence-corrected chi connectivity index (χ2v) is 4.91. The van der Waals surface area contributed by atoms with Gasteiger partial charge in [0.2, 0.25) is 0 Å². The molecule has 24 heavy (non-hydrogen) atoms. The Hall–Kier alpha value is -3.42. The molecule has 2 aromatic carbocycles. The van der Waals surface area contributed by atoms with Crippen LogP contribution in [-0.4, -0.2) is 30.3 Å². The van der Waals surface area contributed by atoms with Crippen molar-refractivity contribution < 1.29 is 19.2 Å². The lowest BCUT2D eigenvalue weighted by molar-refractivity contribution is -0.384. The number of non-ortho nitro benzene ring substituents is 1. The zero-order valence-electron chi connectivity index (χ0n) is 12.5. The fourth-order valence-corrected chi connectivity index (χ4v) is 2.10. The number of hydrazone groups is 1. The molecule has 1 aliphatic rings. The van der Waals surface area contributed by atoms with Crippen LogP contribution in [0.25, 0.3) is 0 Å². The Labute approximate surface area is 136 Å². The van der Waals surface area contributed by atoms with Crippen LogP contribution in [0.2, 0.25) is 0 Å². The number of carbonyl (C=O) groups is 1. The number of fused-ring (bicyclic) bond motifs is 1. The van der Waals surface area contributed by atoms with Crippen molar-refractivity contribution in [3.8, 4) is 11.5 Å². The molecule has 0 spiro atoms. The first-order valence-corrected chi connectivity index (χ1v) is 7.11. The minimum atomic E-state index is -0.526. The van der Waals surface area contributed by atoms with Gasteiger partial charge >= 0.3 is 0 Å². The van der Waals surface area contributed by atoms with Crippen LogP contribution >= 0.6 is 0 Å². The lowest BCUT2D eigenvalue weighted by Gasteiger charge is -2.18. The summed E-state index contributed by atoms with van der Waals surface area (Å²) in [6.07, 6.45) is 1.47. The van der Waals surface area contributed by atoms with E-state index in [1.165, 1.54) is 30.5 Å². The lowest BCUT2D eigenvalue weighted by atomic mass is 10.2. The summed E-state index contributed by atoms with van der Waals surface area (Å²) in [6.45, 7) is 1.01. The molecule has 0 atom stereocenters. The molecule has 122 valence electrons. The maximum atomic E-state index is 11.9. The summed E-state index contributed by atoms with van der Waals surface area (Å²) in [6, 6.07) is 10.6. The lowest BCUT2D eigenvalue weighted by Crippen LogP contribution is -2.17. The molecule has 1 N–H and O–H groups in total. The van der Waals surface area contributed by atoms with Crippen molar-refractivity contribution in [1.29, 1.82) is 0 Å². The number of amides is 1. The van der Waals surface area contributed by atoms with E-state index in [0.29, 0.717) is 24.7 Å². The molecule has 0 aromatic heterocycles. The highest BCUT2D eigenvalue weighted by Gasteiger charge is 2.11. The molecule has 3 rings (SSSR count). The maximum absolute atomic E-state index is 11.9. The molecule has 2 aromatic rings. The molecule has 8 nitrogen and oxygen atoms in total. The van der Waals surface area contributed by atoms with Crippen molar-refractivity contribution in [2.24, 2.45) is 5.10 Å². The van der Waals surface area contributed by atoms with E-state index < -0.39 is 10.8 Å². The van der Waals surface area contributed by atoms with Gasteiger partial charge in [0.15, 0.2) is 11.5 Å². The van der Waals surface area contributed by atoms with Crippen molar-refractivity contribution in [3.05, 3.63) is 63.7 Å². The third-order valence-corrected chi connectivity index (χ3v) is 3.29. The molecule has 8 heteroatoms. The summed E-state index contributed by atoms with van der Waals surface area (Å²) < 4.78 is 10.9. The highest BCUT2D eigenvalue weighted by atomic mass is 16.6. The zero-order valence-corrected chi connectivity index (χ0v) is 12.5. The second-order valence-electron chi connectivity index (χ2n) is 4.91. The minimum Gasteiger partial charge on any atom is -0.486 e. The topological polar surface area (TPSA) is 103 Å². The van der Waals surface area contributed by atoms with Gasteiger partial charge in [-0.25, -0.2) is 5.43 Å². The van der Waals surface area contributed by atoms with Crippen LogP contribution in [0.5, 0.6) is 11.5 Å². The molecule has 0 saturated carbocycles. The van der Waals surface area contributed by atoms with E-state index in [0.717, 1.165) is 5.56 Å². The standard InChI is InChI=1S/C16H13N3O5/c20-16(12-2-4-13(5-3-12)19(21)22)18-17-10-11-1-6-14-15(9-11)24-8-7-23-14/h1-6,9-10H,7-8H2,(H,18,20)/b17-10+. The number of hydrogen-bond acceptors (Lipinski definition) is 6. The average Bonchev–Trinajstić information content (AvgIpc) is 2.61. The Balaban J connectivity index is 1.63. The largest absolute Gasteiger partial charge is 0.486 e. The first kappa shape index (κ1) is 15.5. The number of benzene rings is 2. The first-order valence-electron chi connectivity index (χ1n) is 7.11. The van der Waals surface area contributed by atoms with E-state index in [4.69, 9.17) is 9.47 Å². The molecule has 1 amide bonds. The van der Waals surface area contributed by atoms with Gasteiger partial charge in [-0.3, -0.25) is 14.9 Å². The van der Waals surface area contributed by atoms with Crippen molar-refractivity contribution >= 4 is 17.8 Å². The number of nitrogens with one attached hydrogen (secondary N) is 1. The molecule has 0 fully saturated rings. The summed E-state index contributed by atoms with van der Waals surface area (Å²) in [5.74, 6) is 0.846. The molecule has 0 aliphatic carbocycles. The molecule has 1 aliphatic heterocycles. The number of hydrogen-bond donors (Lipinski definition) is 1. The molecule has 0 bridgehead atoms. The number of ether oxygens (including phenoxy) is 2. The summed E-state index contributed by atoms with van der Waals surface area (Å²) in [5, 5.41) is 14.4.